The van der Waals surface area contributed by atoms with Gasteiger partial charge in [0.25, 0.3) is 0 Å². The first-order valence-corrected chi connectivity index (χ1v) is 5.12. The molecule has 0 saturated carbocycles. The molecule has 0 radical (unpaired) electrons. The molecule has 4 heteroatoms. The van der Waals surface area contributed by atoms with Crippen LogP contribution in [-0.2, 0) is 12.9 Å². The van der Waals surface area contributed by atoms with E-state index in [0.717, 1.165) is 16.6 Å². The maximum Gasteiger partial charge on any atom is 0.168 e. The molecule has 0 fully saturated rings. The number of aromatic nitrogens is 2. The zero-order chi connectivity index (χ0) is 8.97. The Balaban J connectivity index is 2.72. The largest absolute Gasteiger partial charge is 0.325 e. The lowest BCUT2D eigenvalue weighted by molar-refractivity contribution is 0.762. The standard InChI is InChI=1S/C8H11ClN2S/c1-3-4-12-8-10-6-7(5-9)11(8)2/h3,6H,1,4-5H2,2H3. The Morgan fingerprint density at radius 3 is 3.08 bits per heavy atom. The predicted molar refractivity (Wildman–Crippen MR) is 53.7 cm³/mol. The van der Waals surface area contributed by atoms with Crippen molar-refractivity contribution in [1.82, 2.24) is 9.55 Å². The maximum atomic E-state index is 5.69. The molecule has 12 heavy (non-hydrogen) atoms. The number of halogens is 1. The minimum atomic E-state index is 0.512. The summed E-state index contributed by atoms with van der Waals surface area (Å²) in [6, 6.07) is 0. The molecule has 0 aliphatic heterocycles. The zero-order valence-corrected chi connectivity index (χ0v) is 8.53. The third kappa shape index (κ3) is 2.05. The first kappa shape index (κ1) is 9.68. The van der Waals surface area contributed by atoms with E-state index < -0.39 is 0 Å². The van der Waals surface area contributed by atoms with Crippen molar-refractivity contribution in [2.45, 2.75) is 11.0 Å². The first-order chi connectivity index (χ1) is 5.79. The minimum Gasteiger partial charge on any atom is -0.325 e. The summed E-state index contributed by atoms with van der Waals surface area (Å²) in [5, 5.41) is 0.991. The van der Waals surface area contributed by atoms with Crippen molar-refractivity contribution in [3.05, 3.63) is 24.5 Å². The van der Waals surface area contributed by atoms with E-state index in [-0.39, 0.29) is 0 Å². The third-order valence-electron chi connectivity index (χ3n) is 1.51. The monoisotopic (exact) mass is 202 g/mol. The average Bonchev–Trinajstić information content (AvgIpc) is 2.43. The second-order valence-electron chi connectivity index (χ2n) is 2.32. The van der Waals surface area contributed by atoms with Gasteiger partial charge in [0.05, 0.1) is 17.8 Å². The molecule has 0 atom stereocenters. The average molecular weight is 203 g/mol. The molecule has 0 aromatic carbocycles. The highest BCUT2D eigenvalue weighted by Gasteiger charge is 2.03. The van der Waals surface area contributed by atoms with Crippen LogP contribution in [0.2, 0.25) is 0 Å². The SMILES string of the molecule is C=CCSc1ncc(CCl)n1C. The van der Waals surface area contributed by atoms with Gasteiger partial charge in [0, 0.05) is 12.8 Å². The summed E-state index contributed by atoms with van der Waals surface area (Å²) in [6.45, 7) is 3.65. The molecule has 1 aromatic rings. The minimum absolute atomic E-state index is 0.512. The fourth-order valence-corrected chi connectivity index (χ4v) is 1.77. The van der Waals surface area contributed by atoms with Crippen LogP contribution in [0.25, 0.3) is 0 Å². The van der Waals surface area contributed by atoms with E-state index in [1.807, 2.05) is 17.7 Å². The summed E-state index contributed by atoms with van der Waals surface area (Å²) in [6.07, 6.45) is 3.66. The van der Waals surface area contributed by atoms with Gasteiger partial charge in [-0.05, 0) is 0 Å². The lowest BCUT2D eigenvalue weighted by atomic mass is 10.5. The molecule has 0 saturated heterocycles. The molecule has 2 nitrogen and oxygen atoms in total. The molecular weight excluding hydrogens is 192 g/mol. The van der Waals surface area contributed by atoms with Gasteiger partial charge >= 0.3 is 0 Å². The van der Waals surface area contributed by atoms with Gasteiger partial charge in [0.1, 0.15) is 0 Å². The van der Waals surface area contributed by atoms with Gasteiger partial charge in [0.15, 0.2) is 5.16 Å². The van der Waals surface area contributed by atoms with Crippen LogP contribution in [0.1, 0.15) is 5.69 Å². The van der Waals surface area contributed by atoms with Crippen molar-refractivity contribution in [1.29, 1.82) is 0 Å². The summed E-state index contributed by atoms with van der Waals surface area (Å²) in [5.41, 5.74) is 1.04. The molecule has 0 bridgehead atoms. The zero-order valence-electron chi connectivity index (χ0n) is 6.96. The highest BCUT2D eigenvalue weighted by atomic mass is 35.5. The lowest BCUT2D eigenvalue weighted by Crippen LogP contribution is -1.95. The van der Waals surface area contributed by atoms with E-state index in [2.05, 4.69) is 11.6 Å². The normalized spacial score (nSPS) is 10.2. The van der Waals surface area contributed by atoms with Crippen LogP contribution in [0, 0.1) is 0 Å². The Hall–Kier alpha value is -0.410. The van der Waals surface area contributed by atoms with Crippen LogP contribution < -0.4 is 0 Å². The summed E-state index contributed by atoms with van der Waals surface area (Å²) in [4.78, 5) is 4.22. The number of thioether (sulfide) groups is 1. The molecule has 0 amide bonds. The van der Waals surface area contributed by atoms with E-state index in [9.17, 15) is 0 Å². The second kappa shape index (κ2) is 4.58. The molecule has 1 aromatic heterocycles. The molecule has 0 aliphatic carbocycles. The fraction of sp³-hybridized carbons (Fsp3) is 0.375. The molecule has 0 aliphatic rings. The van der Waals surface area contributed by atoms with Gasteiger partial charge in [-0.25, -0.2) is 4.98 Å². The van der Waals surface area contributed by atoms with Gasteiger partial charge in [-0.15, -0.1) is 18.2 Å². The van der Waals surface area contributed by atoms with Gasteiger partial charge in [0.2, 0.25) is 0 Å². The van der Waals surface area contributed by atoms with Crippen molar-refractivity contribution >= 4 is 23.4 Å². The van der Waals surface area contributed by atoms with Crippen LogP contribution in [0.15, 0.2) is 24.0 Å². The van der Waals surface area contributed by atoms with Crippen molar-refractivity contribution in [2.75, 3.05) is 5.75 Å². The molecule has 0 unspecified atom stereocenters. The summed E-state index contributed by atoms with van der Waals surface area (Å²) >= 11 is 7.35. The summed E-state index contributed by atoms with van der Waals surface area (Å²) < 4.78 is 2.00. The van der Waals surface area contributed by atoms with Crippen molar-refractivity contribution in [2.24, 2.45) is 7.05 Å². The second-order valence-corrected chi connectivity index (χ2v) is 3.58. The van der Waals surface area contributed by atoms with Gasteiger partial charge in [-0.1, -0.05) is 17.8 Å². The first-order valence-electron chi connectivity index (χ1n) is 3.60. The summed E-state index contributed by atoms with van der Waals surface area (Å²) in [5.74, 6) is 1.39. The third-order valence-corrected chi connectivity index (χ3v) is 2.82. The van der Waals surface area contributed by atoms with Crippen LogP contribution >= 0.6 is 23.4 Å². The van der Waals surface area contributed by atoms with E-state index in [4.69, 9.17) is 11.6 Å². The van der Waals surface area contributed by atoms with Crippen LogP contribution in [0.5, 0.6) is 0 Å². The predicted octanol–water partition coefficient (Wildman–Crippen LogP) is 2.44. The molecule has 0 N–H and O–H groups in total. The Kier molecular flexibility index (Phi) is 3.69. The Morgan fingerprint density at radius 2 is 2.58 bits per heavy atom. The quantitative estimate of drug-likeness (QED) is 0.424. The summed E-state index contributed by atoms with van der Waals surface area (Å²) in [7, 11) is 1.97. The van der Waals surface area contributed by atoms with E-state index >= 15 is 0 Å². The maximum absolute atomic E-state index is 5.69. The molecule has 1 heterocycles. The number of imidazole rings is 1. The van der Waals surface area contributed by atoms with Gasteiger partial charge in [-0.2, -0.15) is 0 Å². The number of hydrogen-bond acceptors (Lipinski definition) is 2. The fourth-order valence-electron chi connectivity index (χ4n) is 0.817. The van der Waals surface area contributed by atoms with Crippen molar-refractivity contribution < 1.29 is 0 Å². The molecule has 0 spiro atoms. The highest BCUT2D eigenvalue weighted by Crippen LogP contribution is 2.17. The van der Waals surface area contributed by atoms with E-state index in [1.165, 1.54) is 0 Å². The number of alkyl halides is 1. The number of nitrogens with zero attached hydrogens (tertiary/aromatic N) is 2. The topological polar surface area (TPSA) is 17.8 Å². The lowest BCUT2D eigenvalue weighted by Gasteiger charge is -2.00. The Bertz CT molecular complexity index is 270. The van der Waals surface area contributed by atoms with Gasteiger partial charge in [-0.3, -0.25) is 0 Å². The molecule has 1 rings (SSSR count). The Labute approximate surface area is 81.6 Å². The van der Waals surface area contributed by atoms with Crippen LogP contribution in [0.3, 0.4) is 0 Å². The van der Waals surface area contributed by atoms with Crippen LogP contribution in [-0.4, -0.2) is 15.3 Å². The van der Waals surface area contributed by atoms with Gasteiger partial charge < -0.3 is 4.57 Å². The number of hydrogen-bond donors (Lipinski definition) is 0. The molecular formula is C8H11ClN2S. The van der Waals surface area contributed by atoms with E-state index in [1.54, 1.807) is 18.0 Å². The smallest absolute Gasteiger partial charge is 0.168 e. The molecule has 66 valence electrons. The van der Waals surface area contributed by atoms with E-state index in [0.29, 0.717) is 5.88 Å². The van der Waals surface area contributed by atoms with Crippen LogP contribution in [0.4, 0.5) is 0 Å². The van der Waals surface area contributed by atoms with Crippen molar-refractivity contribution in [3.8, 4) is 0 Å². The Morgan fingerprint density at radius 1 is 1.83 bits per heavy atom. The highest BCUT2D eigenvalue weighted by molar-refractivity contribution is 7.99. The van der Waals surface area contributed by atoms with Crippen molar-refractivity contribution in [3.63, 3.8) is 0 Å². The number of rotatable bonds is 4.